The number of nitrogens with zero attached hydrogens (tertiary/aromatic N) is 2. The zero-order chi connectivity index (χ0) is 17.5. The third-order valence-corrected chi connectivity index (χ3v) is 5.53. The minimum atomic E-state index is -0.374. The fourth-order valence-corrected chi connectivity index (χ4v) is 4.22. The van der Waals surface area contributed by atoms with Crippen molar-refractivity contribution in [2.75, 3.05) is 51.0 Å². The molecule has 136 valence electrons. The molecule has 0 radical (unpaired) electrons. The number of hydrogen-bond acceptors (Lipinski definition) is 5. The van der Waals surface area contributed by atoms with Crippen LogP contribution in [0.5, 0.6) is 0 Å². The maximum absolute atomic E-state index is 12.6. The second-order valence-electron chi connectivity index (χ2n) is 6.26. The Hall–Kier alpha value is -1.57. The molecule has 0 saturated carbocycles. The zero-order valence-electron chi connectivity index (χ0n) is 14.4. The number of benzene rings is 1. The van der Waals surface area contributed by atoms with Crippen LogP contribution in [0.25, 0.3) is 0 Å². The molecule has 2 saturated heterocycles. The lowest BCUT2D eigenvalue weighted by Gasteiger charge is -2.27. The Balaban J connectivity index is 1.45. The molecule has 1 N–H and O–H groups in total. The lowest BCUT2D eigenvalue weighted by atomic mass is 10.1. The van der Waals surface area contributed by atoms with Crippen molar-refractivity contribution in [1.29, 1.82) is 0 Å². The van der Waals surface area contributed by atoms with Gasteiger partial charge in [-0.25, -0.2) is 0 Å². The van der Waals surface area contributed by atoms with Gasteiger partial charge in [-0.2, -0.15) is 0 Å². The number of thioether (sulfide) groups is 1. The Labute approximate surface area is 152 Å². The highest BCUT2D eigenvalue weighted by molar-refractivity contribution is 7.99. The molecule has 1 aromatic carbocycles. The lowest BCUT2D eigenvalue weighted by Crippen LogP contribution is -2.47. The summed E-state index contributed by atoms with van der Waals surface area (Å²) in [6.45, 7) is 5.13. The molecular weight excluding hydrogens is 338 g/mol. The van der Waals surface area contributed by atoms with Crippen LogP contribution in [0.2, 0.25) is 0 Å². The van der Waals surface area contributed by atoms with Gasteiger partial charge in [0.1, 0.15) is 6.04 Å². The van der Waals surface area contributed by atoms with Crippen molar-refractivity contribution in [1.82, 2.24) is 15.1 Å². The molecule has 1 atom stereocenters. The highest BCUT2D eigenvalue weighted by Crippen LogP contribution is 2.23. The minimum absolute atomic E-state index is 0.0451. The maximum atomic E-state index is 12.6. The lowest BCUT2D eigenvalue weighted by molar-refractivity contribution is -0.124. The summed E-state index contributed by atoms with van der Waals surface area (Å²) in [6, 6.07) is 8.79. The van der Waals surface area contributed by atoms with Crippen LogP contribution in [0, 0.1) is 0 Å². The third kappa shape index (κ3) is 4.96. The van der Waals surface area contributed by atoms with Gasteiger partial charge in [0.25, 0.3) is 5.91 Å². The zero-order valence-corrected chi connectivity index (χ0v) is 15.2. The van der Waals surface area contributed by atoms with E-state index in [9.17, 15) is 9.59 Å². The first kappa shape index (κ1) is 18.2. The SMILES string of the molecule is O=C(NCCCN1CCOCC1)C1CSCN1C(=O)c1ccccc1. The summed E-state index contributed by atoms with van der Waals surface area (Å²) >= 11 is 1.63. The van der Waals surface area contributed by atoms with Crippen molar-refractivity contribution < 1.29 is 14.3 Å². The molecule has 0 aliphatic carbocycles. The van der Waals surface area contributed by atoms with Crippen LogP contribution in [-0.2, 0) is 9.53 Å². The second-order valence-corrected chi connectivity index (χ2v) is 7.26. The van der Waals surface area contributed by atoms with Gasteiger partial charge in [0.2, 0.25) is 5.91 Å². The van der Waals surface area contributed by atoms with Crippen molar-refractivity contribution in [2.45, 2.75) is 12.5 Å². The normalized spacial score (nSPS) is 21.3. The predicted molar refractivity (Wildman–Crippen MR) is 98.6 cm³/mol. The molecule has 2 aliphatic heterocycles. The van der Waals surface area contributed by atoms with Gasteiger partial charge in [0.05, 0.1) is 19.1 Å². The second kappa shape index (κ2) is 9.22. The molecule has 25 heavy (non-hydrogen) atoms. The molecule has 2 amide bonds. The van der Waals surface area contributed by atoms with Gasteiger partial charge in [-0.3, -0.25) is 14.5 Å². The van der Waals surface area contributed by atoms with Gasteiger partial charge < -0.3 is 15.0 Å². The van der Waals surface area contributed by atoms with Crippen LogP contribution in [0.4, 0.5) is 0 Å². The average Bonchev–Trinajstić information content (AvgIpc) is 3.16. The molecule has 0 bridgehead atoms. The molecule has 1 aromatic rings. The molecular formula is C18H25N3O3S. The smallest absolute Gasteiger partial charge is 0.255 e. The Morgan fingerprint density at radius 2 is 1.96 bits per heavy atom. The van der Waals surface area contributed by atoms with E-state index in [1.807, 2.05) is 18.2 Å². The fourth-order valence-electron chi connectivity index (χ4n) is 3.06. The van der Waals surface area contributed by atoms with Crippen LogP contribution in [-0.4, -0.2) is 78.7 Å². The molecule has 0 aromatic heterocycles. The van der Waals surface area contributed by atoms with E-state index in [1.165, 1.54) is 0 Å². The molecule has 1 unspecified atom stereocenters. The topological polar surface area (TPSA) is 61.9 Å². The van der Waals surface area contributed by atoms with Crippen LogP contribution >= 0.6 is 11.8 Å². The maximum Gasteiger partial charge on any atom is 0.255 e. The number of carbonyl (C=O) groups is 2. The monoisotopic (exact) mass is 363 g/mol. The Morgan fingerprint density at radius 1 is 1.20 bits per heavy atom. The molecule has 2 heterocycles. The van der Waals surface area contributed by atoms with Crippen LogP contribution in [0.1, 0.15) is 16.8 Å². The van der Waals surface area contributed by atoms with Crippen LogP contribution in [0.3, 0.4) is 0 Å². The van der Waals surface area contributed by atoms with E-state index in [4.69, 9.17) is 4.74 Å². The molecule has 6 nitrogen and oxygen atoms in total. The Bertz CT molecular complexity index is 578. The average molecular weight is 363 g/mol. The summed E-state index contributed by atoms with van der Waals surface area (Å²) in [6.07, 6.45) is 0.915. The van der Waals surface area contributed by atoms with Crippen molar-refractivity contribution in [3.63, 3.8) is 0 Å². The summed E-state index contributed by atoms with van der Waals surface area (Å²) in [5.41, 5.74) is 0.634. The molecule has 7 heteroatoms. The standard InChI is InChI=1S/C18H25N3O3S/c22-17(19-7-4-8-20-9-11-24-12-10-20)16-13-25-14-21(16)18(23)15-5-2-1-3-6-15/h1-3,5-6,16H,4,7-14H2,(H,19,22). The van der Waals surface area contributed by atoms with E-state index < -0.39 is 0 Å². The van der Waals surface area contributed by atoms with E-state index >= 15 is 0 Å². The molecule has 0 spiro atoms. The number of hydrogen-bond donors (Lipinski definition) is 1. The van der Waals surface area contributed by atoms with Gasteiger partial charge in [0.15, 0.2) is 0 Å². The van der Waals surface area contributed by atoms with Gasteiger partial charge in [-0.1, -0.05) is 18.2 Å². The highest BCUT2D eigenvalue weighted by atomic mass is 32.2. The van der Waals surface area contributed by atoms with Crippen LogP contribution in [0.15, 0.2) is 30.3 Å². The summed E-state index contributed by atoms with van der Waals surface area (Å²) < 4.78 is 5.33. The Kier molecular flexibility index (Phi) is 6.72. The van der Waals surface area contributed by atoms with Gasteiger partial charge in [0, 0.05) is 31.0 Å². The number of nitrogens with one attached hydrogen (secondary N) is 1. The van der Waals surface area contributed by atoms with E-state index in [0.29, 0.717) is 23.7 Å². The number of morpholine rings is 1. The van der Waals surface area contributed by atoms with Gasteiger partial charge in [-0.15, -0.1) is 11.8 Å². The fraction of sp³-hybridized carbons (Fsp3) is 0.556. The van der Waals surface area contributed by atoms with Gasteiger partial charge in [-0.05, 0) is 25.1 Å². The summed E-state index contributed by atoms with van der Waals surface area (Å²) in [4.78, 5) is 29.1. The third-order valence-electron chi connectivity index (χ3n) is 4.52. The van der Waals surface area contributed by atoms with Crippen molar-refractivity contribution in [2.24, 2.45) is 0 Å². The van der Waals surface area contributed by atoms with Crippen LogP contribution < -0.4 is 5.32 Å². The largest absolute Gasteiger partial charge is 0.379 e. The quantitative estimate of drug-likeness (QED) is 0.766. The summed E-state index contributed by atoms with van der Waals surface area (Å²) in [5.74, 6) is 1.11. The number of amides is 2. The number of carbonyl (C=O) groups excluding carboxylic acids is 2. The molecule has 3 rings (SSSR count). The first-order valence-corrected chi connectivity index (χ1v) is 9.93. The summed E-state index contributed by atoms with van der Waals surface area (Å²) in [7, 11) is 0. The number of rotatable bonds is 6. The Morgan fingerprint density at radius 3 is 2.72 bits per heavy atom. The number of ether oxygens (including phenoxy) is 1. The van der Waals surface area contributed by atoms with Crippen molar-refractivity contribution in [3.05, 3.63) is 35.9 Å². The first-order chi connectivity index (χ1) is 12.3. The van der Waals surface area contributed by atoms with Crippen molar-refractivity contribution in [3.8, 4) is 0 Å². The highest BCUT2D eigenvalue weighted by Gasteiger charge is 2.34. The molecule has 2 fully saturated rings. The molecule has 2 aliphatic rings. The van der Waals surface area contributed by atoms with Gasteiger partial charge >= 0.3 is 0 Å². The minimum Gasteiger partial charge on any atom is -0.379 e. The van der Waals surface area contributed by atoms with E-state index in [0.717, 1.165) is 39.3 Å². The van der Waals surface area contributed by atoms with E-state index in [1.54, 1.807) is 28.8 Å². The predicted octanol–water partition coefficient (Wildman–Crippen LogP) is 1.04. The summed E-state index contributed by atoms with van der Waals surface area (Å²) in [5, 5.41) is 3.00. The van der Waals surface area contributed by atoms with E-state index in [2.05, 4.69) is 10.2 Å². The first-order valence-electron chi connectivity index (χ1n) is 8.77. The van der Waals surface area contributed by atoms with E-state index in [-0.39, 0.29) is 17.9 Å². The van der Waals surface area contributed by atoms with Crippen molar-refractivity contribution >= 4 is 23.6 Å².